The fraction of sp³-hybridized carbons (Fsp3) is 0.619. The number of carboxylic acid groups (broad SMARTS) is 1. The van der Waals surface area contributed by atoms with Crippen molar-refractivity contribution in [1.29, 1.82) is 0 Å². The van der Waals surface area contributed by atoms with Crippen LogP contribution in [0.5, 0.6) is 5.75 Å². The van der Waals surface area contributed by atoms with Crippen molar-refractivity contribution in [3.63, 3.8) is 0 Å². The van der Waals surface area contributed by atoms with E-state index in [0.717, 1.165) is 25.9 Å². The van der Waals surface area contributed by atoms with Crippen LogP contribution in [0.2, 0.25) is 0 Å². The zero-order chi connectivity index (χ0) is 20.5. The predicted octanol–water partition coefficient (Wildman–Crippen LogP) is 2.80. The van der Waals surface area contributed by atoms with Gasteiger partial charge in [0, 0.05) is 19.1 Å². The highest BCUT2D eigenvalue weighted by atomic mass is 19.1. The highest BCUT2D eigenvalue weighted by Crippen LogP contribution is 2.29. The number of carbonyl (C=O) groups is 2. The molecule has 2 aliphatic heterocycles. The van der Waals surface area contributed by atoms with Crippen LogP contribution in [0.3, 0.4) is 0 Å². The number of benzene rings is 1. The van der Waals surface area contributed by atoms with Gasteiger partial charge >= 0.3 is 0 Å². The van der Waals surface area contributed by atoms with Gasteiger partial charge in [0.25, 0.3) is 6.47 Å². The van der Waals surface area contributed by atoms with Gasteiger partial charge in [-0.15, -0.1) is 0 Å². The number of rotatable bonds is 4. The first-order valence-electron chi connectivity index (χ1n) is 9.88. The highest BCUT2D eigenvalue weighted by Gasteiger charge is 2.31. The van der Waals surface area contributed by atoms with Gasteiger partial charge in [0.05, 0.1) is 13.5 Å². The van der Waals surface area contributed by atoms with Crippen molar-refractivity contribution >= 4 is 12.4 Å². The Hall–Kier alpha value is -2.15. The molecule has 1 aromatic rings. The molecule has 0 saturated carbocycles. The first-order valence-corrected chi connectivity index (χ1v) is 9.88. The summed E-state index contributed by atoms with van der Waals surface area (Å²) >= 11 is 0. The van der Waals surface area contributed by atoms with Crippen molar-refractivity contribution in [2.45, 2.75) is 44.6 Å². The summed E-state index contributed by atoms with van der Waals surface area (Å²) in [4.78, 5) is 25.4. The molecule has 0 aliphatic carbocycles. The molecule has 6 nitrogen and oxygen atoms in total. The minimum Gasteiger partial charge on any atom is -0.494 e. The van der Waals surface area contributed by atoms with E-state index in [1.165, 1.54) is 39.0 Å². The molecule has 0 spiro atoms. The second-order valence-electron chi connectivity index (χ2n) is 7.51. The number of ether oxygens (including phenoxy) is 1. The Morgan fingerprint density at radius 3 is 2.50 bits per heavy atom. The highest BCUT2D eigenvalue weighted by molar-refractivity contribution is 5.78. The summed E-state index contributed by atoms with van der Waals surface area (Å²) in [7, 11) is 3.68. The summed E-state index contributed by atoms with van der Waals surface area (Å²) in [5.74, 6) is 0.605. The molecule has 0 aromatic heterocycles. The fourth-order valence-electron chi connectivity index (χ4n) is 4.34. The Kier molecular flexibility index (Phi) is 8.70. The third-order valence-electron chi connectivity index (χ3n) is 5.83. The van der Waals surface area contributed by atoms with Crippen LogP contribution in [0.4, 0.5) is 4.39 Å². The van der Waals surface area contributed by atoms with Crippen molar-refractivity contribution in [3.8, 4) is 5.75 Å². The van der Waals surface area contributed by atoms with Gasteiger partial charge < -0.3 is 19.6 Å². The van der Waals surface area contributed by atoms with Crippen LogP contribution in [0.25, 0.3) is 0 Å². The summed E-state index contributed by atoms with van der Waals surface area (Å²) in [5.41, 5.74) is 0.706. The second kappa shape index (κ2) is 11.0. The lowest BCUT2D eigenvalue weighted by atomic mass is 9.84. The van der Waals surface area contributed by atoms with Gasteiger partial charge in [-0.25, -0.2) is 4.39 Å². The molecule has 2 fully saturated rings. The van der Waals surface area contributed by atoms with Crippen molar-refractivity contribution < 1.29 is 23.8 Å². The van der Waals surface area contributed by atoms with E-state index in [4.69, 9.17) is 14.6 Å². The largest absolute Gasteiger partial charge is 0.494 e. The van der Waals surface area contributed by atoms with E-state index >= 15 is 0 Å². The summed E-state index contributed by atoms with van der Waals surface area (Å²) < 4.78 is 18.7. The molecule has 2 saturated heterocycles. The zero-order valence-electron chi connectivity index (χ0n) is 16.8. The van der Waals surface area contributed by atoms with Crippen LogP contribution in [0, 0.1) is 11.7 Å². The smallest absolute Gasteiger partial charge is 0.290 e. The maximum atomic E-state index is 13.8. The average molecular weight is 394 g/mol. The topological polar surface area (TPSA) is 70.1 Å². The van der Waals surface area contributed by atoms with Gasteiger partial charge in [0.15, 0.2) is 11.6 Å². The number of carbonyl (C=O) groups excluding carboxylic acids is 1. The molecule has 156 valence electrons. The lowest BCUT2D eigenvalue weighted by Crippen LogP contribution is -2.47. The Bertz CT molecular complexity index is 647. The predicted molar refractivity (Wildman–Crippen MR) is 105 cm³/mol. The number of methoxy groups -OCH3 is 1. The number of halogens is 1. The Morgan fingerprint density at radius 2 is 1.93 bits per heavy atom. The molecule has 3 rings (SSSR count). The van der Waals surface area contributed by atoms with E-state index in [1.807, 2.05) is 4.90 Å². The monoisotopic (exact) mass is 394 g/mol. The third-order valence-corrected chi connectivity index (χ3v) is 5.83. The van der Waals surface area contributed by atoms with Crippen LogP contribution >= 0.6 is 0 Å². The van der Waals surface area contributed by atoms with Gasteiger partial charge in [-0.2, -0.15) is 0 Å². The number of nitrogens with zero attached hydrogens (tertiary/aromatic N) is 2. The van der Waals surface area contributed by atoms with Gasteiger partial charge in [-0.3, -0.25) is 9.59 Å². The average Bonchev–Trinajstić information content (AvgIpc) is 2.69. The first-order chi connectivity index (χ1) is 13.5. The molecular formula is C21H31FN2O4. The number of piperidine rings is 2. The zero-order valence-corrected chi connectivity index (χ0v) is 16.8. The SMILES string of the molecule is COc1ccc(CC(=O)N2CCC(C3CCCCN3C)CC2)cc1F.O=CO. The van der Waals surface area contributed by atoms with Crippen LogP contribution in [-0.2, 0) is 16.0 Å². The van der Waals surface area contributed by atoms with E-state index in [1.54, 1.807) is 12.1 Å². The molecule has 7 heteroatoms. The molecule has 0 bridgehead atoms. The molecule has 1 unspecified atom stereocenters. The maximum absolute atomic E-state index is 13.8. The number of hydrogen-bond donors (Lipinski definition) is 1. The molecule has 1 atom stereocenters. The van der Waals surface area contributed by atoms with Crippen molar-refractivity contribution in [2.24, 2.45) is 5.92 Å². The molecule has 0 radical (unpaired) electrons. The summed E-state index contributed by atoms with van der Waals surface area (Å²) in [6.45, 7) is 2.60. The molecule has 1 aromatic carbocycles. The minimum absolute atomic E-state index is 0.0972. The van der Waals surface area contributed by atoms with Crippen molar-refractivity contribution in [3.05, 3.63) is 29.6 Å². The number of likely N-dealkylation sites (tertiary alicyclic amines) is 2. The third kappa shape index (κ3) is 5.92. The number of hydrogen-bond acceptors (Lipinski definition) is 4. The number of amides is 1. The minimum atomic E-state index is -0.410. The van der Waals surface area contributed by atoms with Crippen LogP contribution in [0.15, 0.2) is 18.2 Å². The first kappa shape index (κ1) is 22.1. The van der Waals surface area contributed by atoms with Crippen LogP contribution in [0.1, 0.15) is 37.7 Å². The summed E-state index contributed by atoms with van der Waals surface area (Å²) in [6, 6.07) is 5.44. The van der Waals surface area contributed by atoms with Gasteiger partial charge in [-0.05, 0) is 62.9 Å². The molecule has 1 N–H and O–H groups in total. The Labute approximate surface area is 166 Å². The molecule has 2 heterocycles. The van der Waals surface area contributed by atoms with Crippen LogP contribution in [-0.4, -0.2) is 67.1 Å². The van der Waals surface area contributed by atoms with Gasteiger partial charge in [-0.1, -0.05) is 12.5 Å². The molecule has 1 amide bonds. The molecule has 2 aliphatic rings. The Morgan fingerprint density at radius 1 is 1.25 bits per heavy atom. The summed E-state index contributed by atoms with van der Waals surface area (Å²) in [6.07, 6.45) is 6.35. The standard InChI is InChI=1S/C20H29FN2O2.CH2O2/c1-22-10-4-3-5-18(22)16-8-11-23(12-9-16)20(24)14-15-6-7-19(25-2)17(21)13-15;2-1-3/h6-7,13,16,18H,3-5,8-12,14H2,1-2H3;1H,(H,2,3). The Balaban J connectivity index is 0.000000878. The second-order valence-corrected chi connectivity index (χ2v) is 7.51. The maximum Gasteiger partial charge on any atom is 0.290 e. The molecule has 28 heavy (non-hydrogen) atoms. The lowest BCUT2D eigenvalue weighted by molar-refractivity contribution is -0.132. The van der Waals surface area contributed by atoms with Crippen LogP contribution < -0.4 is 4.74 Å². The normalized spacial score (nSPS) is 20.8. The quantitative estimate of drug-likeness (QED) is 0.796. The van der Waals surface area contributed by atoms with Gasteiger partial charge in [0.2, 0.25) is 5.91 Å². The molecular weight excluding hydrogens is 363 g/mol. The van der Waals surface area contributed by atoms with E-state index in [0.29, 0.717) is 17.5 Å². The van der Waals surface area contributed by atoms with E-state index in [2.05, 4.69) is 11.9 Å². The van der Waals surface area contributed by atoms with E-state index in [-0.39, 0.29) is 24.5 Å². The lowest BCUT2D eigenvalue weighted by Gasteiger charge is -2.42. The van der Waals surface area contributed by atoms with Crippen molar-refractivity contribution in [2.75, 3.05) is 33.8 Å². The van der Waals surface area contributed by atoms with Crippen molar-refractivity contribution in [1.82, 2.24) is 9.80 Å². The van der Waals surface area contributed by atoms with E-state index < -0.39 is 5.82 Å². The fourth-order valence-corrected chi connectivity index (χ4v) is 4.34. The summed E-state index contributed by atoms with van der Waals surface area (Å²) in [5, 5.41) is 6.89. The van der Waals surface area contributed by atoms with E-state index in [9.17, 15) is 9.18 Å². The van der Waals surface area contributed by atoms with Gasteiger partial charge in [0.1, 0.15) is 0 Å².